The number of rotatable bonds is 8. The monoisotopic (exact) mass is 691 g/mol. The number of likely N-dealkylation sites (N-methyl/N-ethyl adjacent to an activating group) is 1. The minimum absolute atomic E-state index is 0. The van der Waals surface area contributed by atoms with E-state index < -0.39 is 45.4 Å². The molecule has 0 fully saturated rings. The van der Waals surface area contributed by atoms with Crippen LogP contribution in [0.1, 0.15) is 18.1 Å². The summed E-state index contributed by atoms with van der Waals surface area (Å²) in [6, 6.07) is 14.0. The van der Waals surface area contributed by atoms with Crippen molar-refractivity contribution in [2.75, 3.05) is 42.5 Å². The first kappa shape index (κ1) is 33.8. The van der Waals surface area contributed by atoms with E-state index in [0.717, 1.165) is 26.4 Å². The van der Waals surface area contributed by atoms with Crippen molar-refractivity contribution >= 4 is 78.0 Å². The lowest BCUT2D eigenvalue weighted by atomic mass is 10.0. The van der Waals surface area contributed by atoms with Crippen molar-refractivity contribution in [3.63, 3.8) is 0 Å². The summed E-state index contributed by atoms with van der Waals surface area (Å²) in [7, 11) is -0.630. The molecule has 3 aromatic rings. The maximum absolute atomic E-state index is 14.3. The van der Waals surface area contributed by atoms with E-state index in [1.807, 2.05) is 30.3 Å². The topological polar surface area (TPSA) is 149 Å². The fourth-order valence-electron chi connectivity index (χ4n) is 4.81. The van der Waals surface area contributed by atoms with E-state index >= 15 is 0 Å². The zero-order valence-corrected chi connectivity index (χ0v) is 27.1. The number of nitriles is 1. The first-order chi connectivity index (χ1) is 19.9. The predicted octanol–water partition coefficient (Wildman–Crippen LogP) is 2.92. The van der Waals surface area contributed by atoms with Crippen LogP contribution in [0.15, 0.2) is 53.0 Å². The molecule has 0 spiro atoms. The Hall–Kier alpha value is -3.70. The van der Waals surface area contributed by atoms with Gasteiger partial charge in [-0.25, -0.2) is 8.42 Å². The molecule has 2 N–H and O–H groups in total. The van der Waals surface area contributed by atoms with Crippen molar-refractivity contribution in [2.45, 2.75) is 25.6 Å². The summed E-state index contributed by atoms with van der Waals surface area (Å²) in [5, 5.41) is 16.9. The number of nitrogens with one attached hydrogen (secondary N) is 2. The Labute approximate surface area is 264 Å². The van der Waals surface area contributed by atoms with E-state index in [1.54, 1.807) is 26.1 Å². The lowest BCUT2D eigenvalue weighted by Gasteiger charge is -2.27. The Kier molecular flexibility index (Phi) is 10.8. The summed E-state index contributed by atoms with van der Waals surface area (Å²) < 4.78 is 30.7. The van der Waals surface area contributed by atoms with Crippen LogP contribution in [0.2, 0.25) is 0 Å². The van der Waals surface area contributed by atoms with Crippen LogP contribution in [0.4, 0.5) is 11.4 Å². The quantitative estimate of drug-likeness (QED) is 0.366. The largest absolute Gasteiger partial charge is 0.496 e. The van der Waals surface area contributed by atoms with Crippen LogP contribution in [0.3, 0.4) is 0 Å². The second-order valence-corrected chi connectivity index (χ2v) is 13.0. The highest BCUT2D eigenvalue weighted by molar-refractivity contribution is 9.10. The molecule has 0 aliphatic carbocycles. The maximum atomic E-state index is 14.3. The molecule has 228 valence electrons. The first-order valence-electron chi connectivity index (χ1n) is 12.9. The van der Waals surface area contributed by atoms with Gasteiger partial charge in [-0.15, -0.1) is 12.4 Å². The van der Waals surface area contributed by atoms with Crippen LogP contribution < -0.4 is 25.2 Å². The third-order valence-electron chi connectivity index (χ3n) is 7.06. The van der Waals surface area contributed by atoms with Gasteiger partial charge >= 0.3 is 0 Å². The highest BCUT2D eigenvalue weighted by Crippen LogP contribution is 2.39. The Morgan fingerprint density at radius 2 is 1.88 bits per heavy atom. The lowest BCUT2D eigenvalue weighted by molar-refractivity contribution is -0.128. The molecule has 0 bridgehead atoms. The molecule has 3 aromatic carbocycles. The molecule has 43 heavy (non-hydrogen) atoms. The van der Waals surface area contributed by atoms with E-state index in [4.69, 9.17) is 4.74 Å². The van der Waals surface area contributed by atoms with Gasteiger partial charge in [0.1, 0.15) is 17.5 Å². The zero-order chi connectivity index (χ0) is 30.8. The van der Waals surface area contributed by atoms with Gasteiger partial charge in [-0.1, -0.05) is 28.1 Å². The number of amides is 3. The number of anilines is 2. The number of carbonyl (C=O) groups is 3. The van der Waals surface area contributed by atoms with Gasteiger partial charge in [0.2, 0.25) is 11.8 Å². The third-order valence-corrected chi connectivity index (χ3v) is 8.52. The molecular formula is C29H31BrClN5O6S. The van der Waals surface area contributed by atoms with Crippen LogP contribution in [0.5, 0.6) is 5.75 Å². The van der Waals surface area contributed by atoms with E-state index in [9.17, 15) is 28.1 Å². The predicted molar refractivity (Wildman–Crippen MR) is 170 cm³/mol. The van der Waals surface area contributed by atoms with E-state index in [0.29, 0.717) is 11.3 Å². The van der Waals surface area contributed by atoms with Gasteiger partial charge in [-0.3, -0.25) is 14.4 Å². The highest BCUT2D eigenvalue weighted by Gasteiger charge is 2.38. The molecule has 0 aromatic heterocycles. The fraction of sp³-hybridized carbons (Fsp3) is 0.310. The van der Waals surface area contributed by atoms with E-state index in [2.05, 4.69) is 26.6 Å². The standard InChI is InChI=1S/C29H30BrN5O6S.ClH/c1-17(32-2)28(37)33-23-15-34(27(36)16-42(4,39)40)25-12-18(13-31)8-10-24(25)35(29(23)38)14-21-19-6-5-7-22(30)20(19)9-11-26(21)41-3;/h5-12,17,23,32H,14-16H2,1-4H3,(H,33,37);1H/t17-,23-;/m0./s1. The summed E-state index contributed by atoms with van der Waals surface area (Å²) >= 11 is 3.57. The molecule has 1 aliphatic rings. The van der Waals surface area contributed by atoms with Gasteiger partial charge in [0.25, 0.3) is 5.91 Å². The Balaban J connectivity index is 0.00000506. The summed E-state index contributed by atoms with van der Waals surface area (Å²) in [6.07, 6.45) is 0.936. The molecular weight excluding hydrogens is 662 g/mol. The molecule has 0 saturated carbocycles. The minimum atomic E-state index is -3.75. The van der Waals surface area contributed by atoms with Crippen molar-refractivity contribution in [1.82, 2.24) is 10.6 Å². The Morgan fingerprint density at radius 3 is 2.51 bits per heavy atom. The number of carbonyl (C=O) groups excluding carboxylic acids is 3. The Bertz CT molecular complexity index is 1730. The van der Waals surface area contributed by atoms with Crippen LogP contribution in [-0.2, 0) is 30.8 Å². The van der Waals surface area contributed by atoms with Crippen LogP contribution >= 0.6 is 28.3 Å². The van der Waals surface area contributed by atoms with Crippen molar-refractivity contribution < 1.29 is 27.5 Å². The van der Waals surface area contributed by atoms with Gasteiger partial charge in [0.15, 0.2) is 9.84 Å². The van der Waals surface area contributed by atoms with Crippen molar-refractivity contribution in [1.29, 1.82) is 5.26 Å². The number of benzene rings is 3. The molecule has 4 rings (SSSR count). The summed E-state index contributed by atoms with van der Waals surface area (Å²) in [6.45, 7) is 1.26. The van der Waals surface area contributed by atoms with Crippen LogP contribution in [-0.4, -0.2) is 70.9 Å². The molecule has 0 unspecified atom stereocenters. The molecule has 0 radical (unpaired) electrons. The van der Waals surface area contributed by atoms with Crippen molar-refractivity contribution in [2.24, 2.45) is 0 Å². The van der Waals surface area contributed by atoms with Crippen LogP contribution in [0, 0.1) is 11.3 Å². The average molecular weight is 693 g/mol. The minimum Gasteiger partial charge on any atom is -0.496 e. The van der Waals surface area contributed by atoms with Crippen LogP contribution in [0.25, 0.3) is 10.8 Å². The number of hydrogen-bond acceptors (Lipinski definition) is 8. The first-order valence-corrected chi connectivity index (χ1v) is 15.8. The van der Waals surface area contributed by atoms with Gasteiger partial charge in [-0.2, -0.15) is 5.26 Å². The smallest absolute Gasteiger partial charge is 0.251 e. The average Bonchev–Trinajstić information content (AvgIpc) is 3.06. The Morgan fingerprint density at radius 1 is 1.16 bits per heavy atom. The maximum Gasteiger partial charge on any atom is 0.251 e. The number of sulfone groups is 1. The zero-order valence-electron chi connectivity index (χ0n) is 23.9. The molecule has 2 atom stereocenters. The number of fused-ring (bicyclic) bond motifs is 2. The third kappa shape index (κ3) is 7.27. The molecule has 11 nitrogen and oxygen atoms in total. The molecule has 14 heteroatoms. The molecule has 0 saturated heterocycles. The van der Waals surface area contributed by atoms with E-state index in [1.165, 1.54) is 24.1 Å². The summed E-state index contributed by atoms with van der Waals surface area (Å²) in [5.41, 5.74) is 1.32. The van der Waals surface area contributed by atoms with Gasteiger partial charge in [-0.05, 0) is 61.1 Å². The molecule has 1 heterocycles. The van der Waals surface area contributed by atoms with Gasteiger partial charge in [0, 0.05) is 16.3 Å². The lowest BCUT2D eigenvalue weighted by Crippen LogP contribution is -2.56. The second-order valence-electron chi connectivity index (χ2n) is 9.97. The number of ether oxygens (including phenoxy) is 1. The van der Waals surface area contributed by atoms with E-state index in [-0.39, 0.29) is 42.4 Å². The fourth-order valence-corrected chi connectivity index (χ4v) is 5.92. The number of hydrogen-bond donors (Lipinski definition) is 2. The van der Waals surface area contributed by atoms with Gasteiger partial charge in [0.05, 0.1) is 49.2 Å². The normalized spacial score (nSPS) is 15.5. The SMILES string of the molecule is CN[C@@H](C)C(=O)N[C@H]1CN(C(=O)CS(C)(=O)=O)c2cc(C#N)ccc2N(Cc2c(OC)ccc3c(Br)cccc23)C1=O.Cl. The number of halogens is 2. The summed E-state index contributed by atoms with van der Waals surface area (Å²) in [4.78, 5) is 43.2. The highest BCUT2D eigenvalue weighted by atomic mass is 79.9. The van der Waals surface area contributed by atoms with Crippen molar-refractivity contribution in [3.8, 4) is 11.8 Å². The molecule has 3 amide bonds. The number of nitrogens with zero attached hydrogens (tertiary/aromatic N) is 3. The number of methoxy groups -OCH3 is 1. The summed E-state index contributed by atoms with van der Waals surface area (Å²) in [5.74, 6) is -2.11. The molecule has 1 aliphatic heterocycles. The van der Waals surface area contributed by atoms with Crippen molar-refractivity contribution in [3.05, 3.63) is 64.1 Å². The van der Waals surface area contributed by atoms with Gasteiger partial charge < -0.3 is 25.2 Å². The second kappa shape index (κ2) is 13.7.